The van der Waals surface area contributed by atoms with Crippen molar-refractivity contribution in [3.05, 3.63) is 12.7 Å². The number of carbonyl (C=O) groups is 1. The third-order valence-corrected chi connectivity index (χ3v) is 2.34. The Balaban J connectivity index is 2.13. The summed E-state index contributed by atoms with van der Waals surface area (Å²) in [6.45, 7) is 6.21. The zero-order valence-corrected chi connectivity index (χ0v) is 7.47. The van der Waals surface area contributed by atoms with Crippen molar-refractivity contribution in [2.75, 3.05) is 6.54 Å². The van der Waals surface area contributed by atoms with Crippen LogP contribution in [0.1, 0.15) is 19.8 Å². The summed E-state index contributed by atoms with van der Waals surface area (Å²) in [5.74, 6) is 0.638. The Morgan fingerprint density at radius 3 is 2.83 bits per heavy atom. The summed E-state index contributed by atoms with van der Waals surface area (Å²) < 4.78 is 0. The molecule has 1 rings (SSSR count). The van der Waals surface area contributed by atoms with Crippen LogP contribution in [-0.2, 0) is 0 Å². The maximum Gasteiger partial charge on any atom is 0.315 e. The summed E-state index contributed by atoms with van der Waals surface area (Å²) in [7, 11) is 0. The Morgan fingerprint density at radius 2 is 2.42 bits per heavy atom. The van der Waals surface area contributed by atoms with E-state index in [1.54, 1.807) is 6.08 Å². The molecule has 1 aliphatic carbocycles. The van der Waals surface area contributed by atoms with Gasteiger partial charge < -0.3 is 10.6 Å². The van der Waals surface area contributed by atoms with Crippen LogP contribution < -0.4 is 10.6 Å². The molecule has 68 valence electrons. The number of rotatable bonds is 3. The number of carbonyl (C=O) groups excluding carboxylic acids is 1. The Kier molecular flexibility index (Phi) is 3.14. The predicted molar refractivity (Wildman–Crippen MR) is 48.9 cm³/mol. The highest BCUT2D eigenvalue weighted by Gasteiger charge is 2.27. The van der Waals surface area contributed by atoms with Crippen LogP contribution in [0.5, 0.6) is 0 Å². The van der Waals surface area contributed by atoms with Crippen molar-refractivity contribution in [1.29, 1.82) is 0 Å². The first kappa shape index (κ1) is 9.10. The van der Waals surface area contributed by atoms with Crippen LogP contribution in [0.4, 0.5) is 4.79 Å². The van der Waals surface area contributed by atoms with E-state index in [1.165, 1.54) is 6.42 Å². The third-order valence-electron chi connectivity index (χ3n) is 2.34. The molecule has 1 fully saturated rings. The zero-order chi connectivity index (χ0) is 8.97. The maximum atomic E-state index is 11.1. The van der Waals surface area contributed by atoms with E-state index in [4.69, 9.17) is 0 Å². The number of hydrogen-bond acceptors (Lipinski definition) is 1. The molecule has 1 aliphatic rings. The van der Waals surface area contributed by atoms with Gasteiger partial charge in [0.05, 0.1) is 0 Å². The van der Waals surface area contributed by atoms with Gasteiger partial charge in [0.1, 0.15) is 0 Å². The molecule has 0 aliphatic heterocycles. The number of urea groups is 1. The van der Waals surface area contributed by atoms with Crippen LogP contribution in [-0.4, -0.2) is 18.6 Å². The molecule has 3 heteroatoms. The minimum atomic E-state index is -0.0774. The van der Waals surface area contributed by atoms with Crippen molar-refractivity contribution in [3.63, 3.8) is 0 Å². The van der Waals surface area contributed by atoms with E-state index in [-0.39, 0.29) is 6.03 Å². The van der Waals surface area contributed by atoms with Gasteiger partial charge in [0, 0.05) is 12.6 Å². The summed E-state index contributed by atoms with van der Waals surface area (Å²) in [6.07, 6.45) is 4.01. The smallest absolute Gasteiger partial charge is 0.315 e. The molecular formula is C9H16N2O. The molecule has 2 amide bonds. The fourth-order valence-corrected chi connectivity index (χ4v) is 1.27. The van der Waals surface area contributed by atoms with E-state index >= 15 is 0 Å². The van der Waals surface area contributed by atoms with Crippen LogP contribution in [0.25, 0.3) is 0 Å². The summed E-state index contributed by atoms with van der Waals surface area (Å²) in [4.78, 5) is 11.1. The van der Waals surface area contributed by atoms with Crippen molar-refractivity contribution in [3.8, 4) is 0 Å². The van der Waals surface area contributed by atoms with Gasteiger partial charge in [-0.25, -0.2) is 4.79 Å². The number of hydrogen-bond donors (Lipinski definition) is 2. The molecule has 2 atom stereocenters. The molecule has 2 N–H and O–H groups in total. The second-order valence-corrected chi connectivity index (χ2v) is 3.30. The summed E-state index contributed by atoms with van der Waals surface area (Å²) >= 11 is 0. The summed E-state index contributed by atoms with van der Waals surface area (Å²) in [6, 6.07) is 0.307. The van der Waals surface area contributed by atoms with E-state index in [0.717, 1.165) is 6.42 Å². The van der Waals surface area contributed by atoms with Crippen molar-refractivity contribution < 1.29 is 4.79 Å². The van der Waals surface area contributed by atoms with Gasteiger partial charge >= 0.3 is 6.03 Å². The highest BCUT2D eigenvalue weighted by atomic mass is 16.2. The lowest BCUT2D eigenvalue weighted by Crippen LogP contribution is -2.49. The van der Waals surface area contributed by atoms with Crippen LogP contribution in [0.2, 0.25) is 0 Å². The fraction of sp³-hybridized carbons (Fsp3) is 0.667. The monoisotopic (exact) mass is 168 g/mol. The molecule has 0 spiro atoms. The zero-order valence-electron chi connectivity index (χ0n) is 7.47. The highest BCUT2D eigenvalue weighted by Crippen LogP contribution is 2.25. The standard InChI is InChI=1S/C9H16N2O/c1-3-6-10-9(12)11-8-5-4-7(8)2/h3,7-8H,1,4-6H2,2H3,(H2,10,11,12). The molecule has 0 radical (unpaired) electrons. The Hall–Kier alpha value is -0.990. The van der Waals surface area contributed by atoms with Crippen molar-refractivity contribution >= 4 is 6.03 Å². The summed E-state index contributed by atoms with van der Waals surface area (Å²) in [5.41, 5.74) is 0. The van der Waals surface area contributed by atoms with Gasteiger partial charge in [-0.2, -0.15) is 0 Å². The van der Waals surface area contributed by atoms with Crippen molar-refractivity contribution in [2.45, 2.75) is 25.8 Å². The molecule has 1 saturated carbocycles. The second kappa shape index (κ2) is 4.14. The van der Waals surface area contributed by atoms with Crippen LogP contribution in [0.3, 0.4) is 0 Å². The van der Waals surface area contributed by atoms with Gasteiger partial charge in [-0.3, -0.25) is 0 Å². The molecular weight excluding hydrogens is 152 g/mol. The molecule has 0 aromatic rings. The van der Waals surface area contributed by atoms with E-state index in [2.05, 4.69) is 24.1 Å². The van der Waals surface area contributed by atoms with Crippen LogP contribution in [0.15, 0.2) is 12.7 Å². The van der Waals surface area contributed by atoms with Crippen LogP contribution in [0, 0.1) is 5.92 Å². The predicted octanol–water partition coefficient (Wildman–Crippen LogP) is 1.27. The molecule has 0 saturated heterocycles. The lowest BCUT2D eigenvalue weighted by molar-refractivity contribution is 0.205. The summed E-state index contributed by atoms with van der Waals surface area (Å²) in [5, 5.41) is 5.59. The molecule has 0 aromatic carbocycles. The van der Waals surface area contributed by atoms with Gasteiger partial charge in [-0.05, 0) is 18.8 Å². The number of amides is 2. The minimum absolute atomic E-state index is 0.0774. The molecule has 0 bridgehead atoms. The van der Waals surface area contributed by atoms with Crippen molar-refractivity contribution in [2.24, 2.45) is 5.92 Å². The van der Waals surface area contributed by atoms with Gasteiger partial charge in [-0.1, -0.05) is 13.0 Å². The SMILES string of the molecule is C=CCNC(=O)NC1CCC1C. The molecule has 0 heterocycles. The minimum Gasteiger partial charge on any atom is -0.335 e. The van der Waals surface area contributed by atoms with Gasteiger partial charge in [0.2, 0.25) is 0 Å². The quantitative estimate of drug-likeness (QED) is 0.612. The highest BCUT2D eigenvalue weighted by molar-refractivity contribution is 5.74. The molecule has 0 aromatic heterocycles. The third kappa shape index (κ3) is 2.26. The van der Waals surface area contributed by atoms with E-state index < -0.39 is 0 Å². The van der Waals surface area contributed by atoms with Crippen molar-refractivity contribution in [1.82, 2.24) is 10.6 Å². The van der Waals surface area contributed by atoms with Gasteiger partial charge in [0.15, 0.2) is 0 Å². The Bertz CT molecular complexity index is 179. The molecule has 2 unspecified atom stereocenters. The van der Waals surface area contributed by atoms with E-state index in [1.807, 2.05) is 0 Å². The fourth-order valence-electron chi connectivity index (χ4n) is 1.27. The Labute approximate surface area is 73.2 Å². The average Bonchev–Trinajstić information content (AvgIpc) is 2.08. The Morgan fingerprint density at radius 1 is 1.67 bits per heavy atom. The number of nitrogens with one attached hydrogen (secondary N) is 2. The van der Waals surface area contributed by atoms with E-state index in [9.17, 15) is 4.79 Å². The maximum absolute atomic E-state index is 11.1. The van der Waals surface area contributed by atoms with E-state index in [0.29, 0.717) is 18.5 Å². The van der Waals surface area contributed by atoms with Gasteiger partial charge in [0.25, 0.3) is 0 Å². The first-order valence-electron chi connectivity index (χ1n) is 4.39. The normalized spacial score (nSPS) is 27.1. The lowest BCUT2D eigenvalue weighted by atomic mass is 9.81. The van der Waals surface area contributed by atoms with Crippen LogP contribution >= 0.6 is 0 Å². The van der Waals surface area contributed by atoms with Gasteiger partial charge in [-0.15, -0.1) is 6.58 Å². The molecule has 3 nitrogen and oxygen atoms in total. The largest absolute Gasteiger partial charge is 0.335 e. The average molecular weight is 168 g/mol. The second-order valence-electron chi connectivity index (χ2n) is 3.30. The first-order valence-corrected chi connectivity index (χ1v) is 4.39. The lowest BCUT2D eigenvalue weighted by Gasteiger charge is -2.34. The molecule has 12 heavy (non-hydrogen) atoms. The topological polar surface area (TPSA) is 41.1 Å². The first-order chi connectivity index (χ1) is 5.74.